The number of rotatable bonds is 3. The maximum Gasteiger partial charge on any atom is 0.363 e. The fraction of sp³-hybridized carbons (Fsp3) is 0.714. The van der Waals surface area contributed by atoms with Gasteiger partial charge in [0.15, 0.2) is 0 Å². The van der Waals surface area contributed by atoms with Gasteiger partial charge in [0.1, 0.15) is 0 Å². The molecule has 0 aromatic heterocycles. The lowest BCUT2D eigenvalue weighted by molar-refractivity contribution is 0.348. The third-order valence-electron chi connectivity index (χ3n) is 2.02. The predicted octanol–water partition coefficient (Wildman–Crippen LogP) is 0.767. The van der Waals surface area contributed by atoms with Crippen LogP contribution in [0.2, 0.25) is 0 Å². The van der Waals surface area contributed by atoms with Crippen LogP contribution in [0.5, 0.6) is 0 Å². The van der Waals surface area contributed by atoms with Gasteiger partial charge in [0, 0.05) is 13.2 Å². The van der Waals surface area contributed by atoms with E-state index in [0.717, 1.165) is 13.0 Å². The van der Waals surface area contributed by atoms with Crippen LogP contribution in [-0.2, 0) is 4.65 Å². The Morgan fingerprint density at radius 3 is 3.09 bits per heavy atom. The van der Waals surface area contributed by atoms with Gasteiger partial charge < -0.3 is 9.47 Å². The summed E-state index contributed by atoms with van der Waals surface area (Å²) in [5.74, 6) is 0. The van der Waals surface area contributed by atoms with Gasteiger partial charge in [0.05, 0.1) is 5.38 Å². The van der Waals surface area contributed by atoms with Crippen molar-refractivity contribution < 1.29 is 4.65 Å². The normalized spacial score (nSPS) is 32.2. The van der Waals surface area contributed by atoms with Crippen molar-refractivity contribution >= 4 is 19.2 Å². The molecular formula is C7H13BClNO. The van der Waals surface area contributed by atoms with Crippen LogP contribution in [0.25, 0.3) is 0 Å². The zero-order chi connectivity index (χ0) is 8.27. The molecule has 0 aromatic carbocycles. The minimum absolute atomic E-state index is 0.211. The molecule has 1 aliphatic heterocycles. The molecule has 11 heavy (non-hydrogen) atoms. The lowest BCUT2D eigenvalue weighted by Crippen LogP contribution is -2.35. The molecule has 0 saturated carbocycles. The maximum absolute atomic E-state index is 6.04. The summed E-state index contributed by atoms with van der Waals surface area (Å²) >= 11 is 6.04. The number of hydrogen-bond acceptors (Lipinski definition) is 2. The van der Waals surface area contributed by atoms with Crippen molar-refractivity contribution in [3.8, 4) is 0 Å². The Morgan fingerprint density at radius 1 is 1.82 bits per heavy atom. The Labute approximate surface area is 73.5 Å². The molecule has 0 radical (unpaired) electrons. The van der Waals surface area contributed by atoms with E-state index < -0.39 is 0 Å². The lowest BCUT2D eigenvalue weighted by Gasteiger charge is -2.20. The second-order valence-corrected chi connectivity index (χ2v) is 3.32. The Bertz CT molecular complexity index is 142. The first-order chi connectivity index (χ1) is 5.29. The van der Waals surface area contributed by atoms with Crippen LogP contribution >= 0.6 is 11.6 Å². The molecule has 0 bridgehead atoms. The van der Waals surface area contributed by atoms with E-state index in [1.54, 1.807) is 7.11 Å². The van der Waals surface area contributed by atoms with Crippen molar-refractivity contribution in [2.45, 2.75) is 17.8 Å². The van der Waals surface area contributed by atoms with Crippen molar-refractivity contribution in [3.05, 3.63) is 12.7 Å². The molecule has 1 rings (SSSR count). The Kier molecular flexibility index (Phi) is 3.43. The first kappa shape index (κ1) is 9.11. The molecule has 0 aliphatic carbocycles. The van der Waals surface area contributed by atoms with Crippen LogP contribution in [0, 0.1) is 0 Å². The van der Waals surface area contributed by atoms with Gasteiger partial charge in [-0.15, -0.1) is 18.2 Å². The summed E-state index contributed by atoms with van der Waals surface area (Å²) in [6.45, 7) is 4.76. The first-order valence-corrected chi connectivity index (χ1v) is 4.23. The van der Waals surface area contributed by atoms with Crippen LogP contribution in [0.4, 0.5) is 0 Å². The van der Waals surface area contributed by atoms with Crippen molar-refractivity contribution in [3.63, 3.8) is 0 Å². The van der Waals surface area contributed by atoms with Gasteiger partial charge in [-0.05, 0) is 13.0 Å². The van der Waals surface area contributed by atoms with Crippen molar-refractivity contribution in [1.82, 2.24) is 4.81 Å². The molecule has 2 nitrogen and oxygen atoms in total. The van der Waals surface area contributed by atoms with Crippen molar-refractivity contribution in [2.75, 3.05) is 13.7 Å². The van der Waals surface area contributed by atoms with Gasteiger partial charge in [-0.3, -0.25) is 0 Å². The second-order valence-electron chi connectivity index (χ2n) is 2.76. The fourth-order valence-corrected chi connectivity index (χ4v) is 1.81. The number of hydrogen-bond donors (Lipinski definition) is 0. The smallest absolute Gasteiger partial charge is 0.363 e. The second kappa shape index (κ2) is 4.14. The quantitative estimate of drug-likeness (QED) is 0.355. The topological polar surface area (TPSA) is 12.5 Å². The van der Waals surface area contributed by atoms with Crippen LogP contribution in [-0.4, -0.2) is 37.5 Å². The van der Waals surface area contributed by atoms with Crippen LogP contribution in [0.1, 0.15) is 6.42 Å². The molecule has 2 atom stereocenters. The molecular weight excluding hydrogens is 160 g/mol. The molecule has 0 aromatic rings. The number of halogens is 1. The third-order valence-corrected chi connectivity index (χ3v) is 2.50. The first-order valence-electron chi connectivity index (χ1n) is 3.79. The number of nitrogens with zero attached hydrogens (tertiary/aromatic N) is 1. The van der Waals surface area contributed by atoms with Crippen molar-refractivity contribution in [2.24, 2.45) is 0 Å². The van der Waals surface area contributed by atoms with E-state index in [1.807, 2.05) is 6.08 Å². The largest absolute Gasteiger partial charge is 0.427 e. The third kappa shape index (κ3) is 1.98. The van der Waals surface area contributed by atoms with Gasteiger partial charge in [0.2, 0.25) is 0 Å². The standard InChI is InChI=1S/C7H13BClNO/c1-3-7-6(9)4-5-10(7)8-11-2/h3,6-8H,1,4-5H2,2H3/t6?,7-/m0/s1. The van der Waals surface area contributed by atoms with Crippen LogP contribution in [0.3, 0.4) is 0 Å². The molecule has 0 amide bonds. The summed E-state index contributed by atoms with van der Waals surface area (Å²) in [4.78, 5) is 2.19. The van der Waals surface area contributed by atoms with Crippen LogP contribution in [0.15, 0.2) is 12.7 Å². The lowest BCUT2D eigenvalue weighted by atomic mass is 10.1. The summed E-state index contributed by atoms with van der Waals surface area (Å²) in [7, 11) is 2.35. The monoisotopic (exact) mass is 173 g/mol. The summed E-state index contributed by atoms with van der Waals surface area (Å²) in [5, 5.41) is 0.211. The highest BCUT2D eigenvalue weighted by Gasteiger charge is 2.30. The zero-order valence-electron chi connectivity index (χ0n) is 6.79. The predicted molar refractivity (Wildman–Crippen MR) is 49.1 cm³/mol. The summed E-state index contributed by atoms with van der Waals surface area (Å²) in [6.07, 6.45) is 2.92. The Hall–Kier alpha value is 0.0149. The van der Waals surface area contributed by atoms with E-state index in [1.165, 1.54) is 0 Å². The summed E-state index contributed by atoms with van der Waals surface area (Å²) in [5.41, 5.74) is 0. The van der Waals surface area contributed by atoms with E-state index in [-0.39, 0.29) is 11.4 Å². The van der Waals surface area contributed by atoms with E-state index in [9.17, 15) is 0 Å². The maximum atomic E-state index is 6.04. The minimum Gasteiger partial charge on any atom is -0.427 e. The van der Waals surface area contributed by atoms with Gasteiger partial charge in [-0.25, -0.2) is 0 Å². The molecule has 0 spiro atoms. The molecule has 1 heterocycles. The highest BCUT2D eigenvalue weighted by molar-refractivity contribution is 6.26. The number of alkyl halides is 1. The molecule has 1 fully saturated rings. The van der Waals surface area contributed by atoms with Crippen molar-refractivity contribution in [1.29, 1.82) is 0 Å². The van der Waals surface area contributed by atoms with E-state index in [2.05, 4.69) is 11.4 Å². The van der Waals surface area contributed by atoms with Gasteiger partial charge >= 0.3 is 7.62 Å². The summed E-state index contributed by atoms with van der Waals surface area (Å²) in [6, 6.07) is 0.289. The van der Waals surface area contributed by atoms with E-state index >= 15 is 0 Å². The van der Waals surface area contributed by atoms with Gasteiger partial charge in [-0.2, -0.15) is 0 Å². The highest BCUT2D eigenvalue weighted by Crippen LogP contribution is 2.22. The molecule has 1 saturated heterocycles. The Morgan fingerprint density at radius 2 is 2.55 bits per heavy atom. The molecule has 62 valence electrons. The average molecular weight is 173 g/mol. The summed E-state index contributed by atoms with van der Waals surface area (Å²) < 4.78 is 5.03. The van der Waals surface area contributed by atoms with Crippen LogP contribution < -0.4 is 0 Å². The molecule has 1 unspecified atom stereocenters. The van der Waals surface area contributed by atoms with E-state index in [0.29, 0.717) is 7.62 Å². The van der Waals surface area contributed by atoms with Gasteiger partial charge in [0.25, 0.3) is 0 Å². The SMILES string of the molecule is C=C[C@H]1C(Cl)CCN1BOC. The molecule has 4 heteroatoms. The average Bonchev–Trinajstić information content (AvgIpc) is 2.33. The van der Waals surface area contributed by atoms with Gasteiger partial charge in [-0.1, -0.05) is 6.08 Å². The highest BCUT2D eigenvalue weighted by atomic mass is 35.5. The Balaban J connectivity index is 2.46. The minimum atomic E-state index is 0.211. The molecule has 0 N–H and O–H groups in total. The zero-order valence-corrected chi connectivity index (χ0v) is 7.55. The fourth-order valence-electron chi connectivity index (χ4n) is 1.45. The van der Waals surface area contributed by atoms with E-state index in [4.69, 9.17) is 16.3 Å². The molecule has 1 aliphatic rings.